The maximum atomic E-state index is 11.4. The Labute approximate surface area is 89.8 Å². The molecule has 0 aromatic rings. The highest BCUT2D eigenvalue weighted by molar-refractivity contribution is 6.05. The van der Waals surface area contributed by atoms with Gasteiger partial charge in [-0.05, 0) is 19.8 Å². The van der Waals surface area contributed by atoms with Crippen molar-refractivity contribution in [3.63, 3.8) is 0 Å². The molecule has 1 atom stereocenters. The minimum Gasteiger partial charge on any atom is -0.300 e. The van der Waals surface area contributed by atoms with Gasteiger partial charge in [0.05, 0.1) is 12.5 Å². The maximum Gasteiger partial charge on any atom is 0.244 e. The molecule has 0 aromatic carbocycles. The van der Waals surface area contributed by atoms with Gasteiger partial charge in [-0.1, -0.05) is 19.3 Å². The quantitative estimate of drug-likeness (QED) is 0.660. The van der Waals surface area contributed by atoms with Crippen LogP contribution in [0.25, 0.3) is 0 Å². The fourth-order valence-corrected chi connectivity index (χ4v) is 2.57. The molecule has 84 valence electrons. The van der Waals surface area contributed by atoms with E-state index < -0.39 is 0 Å². The van der Waals surface area contributed by atoms with Gasteiger partial charge < -0.3 is 5.32 Å². The first kappa shape index (κ1) is 10.6. The normalized spacial score (nSPS) is 30.3. The van der Waals surface area contributed by atoms with E-state index in [1.165, 1.54) is 19.3 Å². The summed E-state index contributed by atoms with van der Waals surface area (Å²) in [6, 6.07) is -0.305. The second kappa shape index (κ2) is 3.93. The van der Waals surface area contributed by atoms with Gasteiger partial charge >= 0.3 is 0 Å². The average molecular weight is 210 g/mol. The molecule has 0 bridgehead atoms. The summed E-state index contributed by atoms with van der Waals surface area (Å²) < 4.78 is 0. The molecule has 1 aliphatic carbocycles. The van der Waals surface area contributed by atoms with Gasteiger partial charge in [-0.3, -0.25) is 14.9 Å². The van der Waals surface area contributed by atoms with Crippen LogP contribution in [-0.2, 0) is 9.59 Å². The first-order chi connectivity index (χ1) is 7.09. The minimum atomic E-state index is -0.305. The highest BCUT2D eigenvalue weighted by Gasteiger charge is 2.36. The zero-order valence-electron chi connectivity index (χ0n) is 9.14. The van der Waals surface area contributed by atoms with Crippen LogP contribution < -0.4 is 10.6 Å². The highest BCUT2D eigenvalue weighted by atomic mass is 16.2. The van der Waals surface area contributed by atoms with Gasteiger partial charge in [0.25, 0.3) is 0 Å². The fraction of sp³-hybridized carbons (Fsp3) is 0.818. The topological polar surface area (TPSA) is 58.2 Å². The van der Waals surface area contributed by atoms with Crippen LogP contribution in [0.15, 0.2) is 0 Å². The summed E-state index contributed by atoms with van der Waals surface area (Å²) in [5.74, 6) is -0.316. The first-order valence-electron chi connectivity index (χ1n) is 5.70. The predicted molar refractivity (Wildman–Crippen MR) is 56.2 cm³/mol. The Balaban J connectivity index is 1.95. The Morgan fingerprint density at radius 1 is 1.27 bits per heavy atom. The number of carbonyl (C=O) groups excluding carboxylic acids is 2. The molecule has 2 amide bonds. The van der Waals surface area contributed by atoms with Crippen LogP contribution in [0.5, 0.6) is 0 Å². The van der Waals surface area contributed by atoms with Crippen molar-refractivity contribution in [2.75, 3.05) is 0 Å². The standard InChI is InChI=1S/C11H18N2O2/c1-11(5-3-2-4-6-11)13-8-7-9(14)12-10(8)15/h8,13H,2-7H2,1H3,(H,12,14,15). The van der Waals surface area contributed by atoms with Gasteiger partial charge in [0.2, 0.25) is 11.8 Å². The Morgan fingerprint density at radius 3 is 2.47 bits per heavy atom. The molecule has 1 unspecified atom stereocenters. The van der Waals surface area contributed by atoms with Crippen LogP contribution in [0.2, 0.25) is 0 Å². The molecule has 4 nitrogen and oxygen atoms in total. The highest BCUT2D eigenvalue weighted by Crippen LogP contribution is 2.28. The van der Waals surface area contributed by atoms with Crippen molar-refractivity contribution in [3.8, 4) is 0 Å². The molecule has 2 rings (SSSR count). The molecule has 2 N–H and O–H groups in total. The number of amides is 2. The molecule has 1 heterocycles. The third-order valence-electron chi connectivity index (χ3n) is 3.45. The van der Waals surface area contributed by atoms with Crippen molar-refractivity contribution < 1.29 is 9.59 Å². The van der Waals surface area contributed by atoms with E-state index in [0.717, 1.165) is 12.8 Å². The fourth-order valence-electron chi connectivity index (χ4n) is 2.57. The van der Waals surface area contributed by atoms with E-state index in [0.29, 0.717) is 6.42 Å². The molecular formula is C11H18N2O2. The molecule has 4 heteroatoms. The zero-order valence-corrected chi connectivity index (χ0v) is 9.14. The van der Waals surface area contributed by atoms with E-state index in [-0.39, 0.29) is 23.4 Å². The molecule has 2 aliphatic rings. The zero-order chi connectivity index (χ0) is 10.9. The number of hydrogen-bond donors (Lipinski definition) is 2. The molecular weight excluding hydrogens is 192 g/mol. The van der Waals surface area contributed by atoms with Crippen molar-refractivity contribution in [1.82, 2.24) is 10.6 Å². The smallest absolute Gasteiger partial charge is 0.244 e. The molecule has 1 saturated carbocycles. The Hall–Kier alpha value is -0.900. The molecule has 0 spiro atoms. The minimum absolute atomic E-state index is 0.0465. The molecule has 0 radical (unpaired) electrons. The van der Waals surface area contributed by atoms with Gasteiger partial charge in [0.15, 0.2) is 0 Å². The number of rotatable bonds is 2. The molecule has 1 saturated heterocycles. The lowest BCUT2D eigenvalue weighted by atomic mass is 9.82. The third-order valence-corrected chi connectivity index (χ3v) is 3.45. The Kier molecular flexibility index (Phi) is 2.78. The van der Waals surface area contributed by atoms with Gasteiger partial charge in [-0.2, -0.15) is 0 Å². The largest absolute Gasteiger partial charge is 0.300 e. The first-order valence-corrected chi connectivity index (χ1v) is 5.70. The van der Waals surface area contributed by atoms with Crippen LogP contribution in [0.4, 0.5) is 0 Å². The van der Waals surface area contributed by atoms with Crippen LogP contribution in [0.3, 0.4) is 0 Å². The molecule has 1 aliphatic heterocycles. The number of carbonyl (C=O) groups is 2. The third kappa shape index (κ3) is 2.37. The summed E-state index contributed by atoms with van der Waals surface area (Å²) in [7, 11) is 0. The number of nitrogens with one attached hydrogen (secondary N) is 2. The second-order valence-corrected chi connectivity index (χ2v) is 4.93. The van der Waals surface area contributed by atoms with E-state index in [1.807, 2.05) is 0 Å². The summed E-state index contributed by atoms with van der Waals surface area (Å²) in [6.07, 6.45) is 6.22. The van der Waals surface area contributed by atoms with Crippen LogP contribution in [-0.4, -0.2) is 23.4 Å². The monoisotopic (exact) mass is 210 g/mol. The summed E-state index contributed by atoms with van der Waals surface area (Å²) >= 11 is 0. The summed E-state index contributed by atoms with van der Waals surface area (Å²) in [5.41, 5.74) is 0.0465. The molecule has 2 fully saturated rings. The van der Waals surface area contributed by atoms with Crippen molar-refractivity contribution in [3.05, 3.63) is 0 Å². The van der Waals surface area contributed by atoms with Gasteiger partial charge in [-0.25, -0.2) is 0 Å². The van der Waals surface area contributed by atoms with E-state index in [4.69, 9.17) is 0 Å². The van der Waals surface area contributed by atoms with E-state index in [2.05, 4.69) is 17.6 Å². The predicted octanol–water partition coefficient (Wildman–Crippen LogP) is 0.714. The Morgan fingerprint density at radius 2 is 1.93 bits per heavy atom. The van der Waals surface area contributed by atoms with Gasteiger partial charge in [0, 0.05) is 5.54 Å². The average Bonchev–Trinajstić information content (AvgIpc) is 2.45. The van der Waals surface area contributed by atoms with Gasteiger partial charge in [-0.15, -0.1) is 0 Å². The lowest BCUT2D eigenvalue weighted by Crippen LogP contribution is -2.51. The maximum absolute atomic E-state index is 11.4. The lowest BCUT2D eigenvalue weighted by molar-refractivity contribution is -0.125. The van der Waals surface area contributed by atoms with Gasteiger partial charge in [0.1, 0.15) is 0 Å². The second-order valence-electron chi connectivity index (χ2n) is 4.93. The van der Waals surface area contributed by atoms with Crippen LogP contribution >= 0.6 is 0 Å². The van der Waals surface area contributed by atoms with E-state index >= 15 is 0 Å². The summed E-state index contributed by atoms with van der Waals surface area (Å²) in [6.45, 7) is 2.15. The van der Waals surface area contributed by atoms with Crippen LogP contribution in [0.1, 0.15) is 45.4 Å². The number of imide groups is 1. The summed E-state index contributed by atoms with van der Waals surface area (Å²) in [4.78, 5) is 22.4. The van der Waals surface area contributed by atoms with Crippen molar-refractivity contribution >= 4 is 11.8 Å². The molecule has 15 heavy (non-hydrogen) atoms. The van der Waals surface area contributed by atoms with Crippen molar-refractivity contribution in [1.29, 1.82) is 0 Å². The van der Waals surface area contributed by atoms with E-state index in [9.17, 15) is 9.59 Å². The molecule has 0 aromatic heterocycles. The lowest BCUT2D eigenvalue weighted by Gasteiger charge is -2.36. The van der Waals surface area contributed by atoms with Crippen molar-refractivity contribution in [2.45, 2.75) is 57.0 Å². The summed E-state index contributed by atoms with van der Waals surface area (Å²) in [5, 5.41) is 5.67. The SMILES string of the molecule is CC1(NC2CC(=O)NC2=O)CCCCC1. The van der Waals surface area contributed by atoms with E-state index in [1.54, 1.807) is 0 Å². The van der Waals surface area contributed by atoms with Crippen molar-refractivity contribution in [2.24, 2.45) is 0 Å². The van der Waals surface area contributed by atoms with Crippen LogP contribution in [0, 0.1) is 0 Å². The Bertz CT molecular complexity index is 282. The number of hydrogen-bond acceptors (Lipinski definition) is 3.